The van der Waals surface area contributed by atoms with Crippen LogP contribution in [0.3, 0.4) is 0 Å². The monoisotopic (exact) mass is 320 g/mol. The van der Waals surface area contributed by atoms with Crippen molar-refractivity contribution >= 4 is 5.78 Å². The largest absolute Gasteiger partial charge is 0.385 e. The average molecular weight is 320 g/mol. The van der Waals surface area contributed by atoms with E-state index in [-0.39, 0.29) is 22.4 Å². The zero-order valence-electron chi connectivity index (χ0n) is 15.3. The highest BCUT2D eigenvalue weighted by Gasteiger charge is 2.64. The van der Waals surface area contributed by atoms with Crippen molar-refractivity contribution in [3.63, 3.8) is 0 Å². The van der Waals surface area contributed by atoms with Gasteiger partial charge < -0.3 is 9.84 Å². The molecule has 6 atom stereocenters. The predicted octanol–water partition coefficient (Wildman–Crippen LogP) is 3.89. The summed E-state index contributed by atoms with van der Waals surface area (Å²) in [5.41, 5.74) is -0.949. The van der Waals surface area contributed by atoms with Crippen molar-refractivity contribution in [3.05, 3.63) is 12.7 Å². The van der Waals surface area contributed by atoms with Crippen molar-refractivity contribution in [2.24, 2.45) is 22.7 Å². The molecule has 130 valence electrons. The number of hydrogen-bond acceptors (Lipinski definition) is 3. The number of hydrogen-bond donors (Lipinski definition) is 1. The molecule has 3 aliphatic rings. The van der Waals surface area contributed by atoms with Crippen LogP contribution in [0.15, 0.2) is 12.7 Å². The third-order valence-electron chi connectivity index (χ3n) is 7.53. The number of aliphatic hydroxyl groups is 1. The molecule has 0 aromatic heterocycles. The Hall–Kier alpha value is -0.670. The lowest BCUT2D eigenvalue weighted by atomic mass is 9.43. The minimum atomic E-state index is -0.832. The van der Waals surface area contributed by atoms with Crippen molar-refractivity contribution < 1.29 is 14.6 Å². The second kappa shape index (κ2) is 4.92. The minimum absolute atomic E-state index is 0.0243. The fraction of sp³-hybridized carbons (Fsp3) is 0.850. The van der Waals surface area contributed by atoms with Crippen molar-refractivity contribution in [2.75, 3.05) is 0 Å². The van der Waals surface area contributed by atoms with Crippen LogP contribution < -0.4 is 0 Å². The van der Waals surface area contributed by atoms with Crippen molar-refractivity contribution in [1.82, 2.24) is 0 Å². The molecule has 1 N–H and O–H groups in total. The first-order valence-electron chi connectivity index (χ1n) is 9.05. The van der Waals surface area contributed by atoms with Crippen LogP contribution in [0.4, 0.5) is 0 Å². The first kappa shape index (κ1) is 17.2. The van der Waals surface area contributed by atoms with E-state index in [1.807, 2.05) is 19.9 Å². The summed E-state index contributed by atoms with van der Waals surface area (Å²) in [6.07, 6.45) is 5.69. The number of carbonyl (C=O) groups excluding carboxylic acids is 1. The number of aliphatic hydroxyl groups excluding tert-OH is 1. The predicted molar refractivity (Wildman–Crippen MR) is 91.1 cm³/mol. The Morgan fingerprint density at radius 3 is 2.35 bits per heavy atom. The Labute approximate surface area is 140 Å². The molecule has 1 aliphatic heterocycles. The number of fused-ring (bicyclic) bond motifs is 3. The molecule has 0 aromatic carbocycles. The fourth-order valence-electron chi connectivity index (χ4n) is 6.37. The summed E-state index contributed by atoms with van der Waals surface area (Å²) < 4.78 is 6.57. The van der Waals surface area contributed by atoms with Crippen molar-refractivity contribution in [1.29, 1.82) is 0 Å². The van der Waals surface area contributed by atoms with Gasteiger partial charge in [0.1, 0.15) is 6.10 Å². The van der Waals surface area contributed by atoms with Gasteiger partial charge in [-0.05, 0) is 63.2 Å². The SMILES string of the molecule is C=CC1(C)CCC2C(C)(CCC3C(C)(C)C(=O)C(O)CC23C)O1. The van der Waals surface area contributed by atoms with Crippen LogP contribution in [0.1, 0.15) is 66.7 Å². The topological polar surface area (TPSA) is 46.5 Å². The van der Waals surface area contributed by atoms with Gasteiger partial charge >= 0.3 is 0 Å². The molecule has 6 unspecified atom stereocenters. The zero-order valence-corrected chi connectivity index (χ0v) is 15.3. The number of ketones is 1. The van der Waals surface area contributed by atoms with Crippen molar-refractivity contribution in [3.8, 4) is 0 Å². The number of rotatable bonds is 1. The first-order chi connectivity index (χ1) is 10.5. The Morgan fingerprint density at radius 2 is 1.74 bits per heavy atom. The molecule has 23 heavy (non-hydrogen) atoms. The van der Waals surface area contributed by atoms with E-state index in [1.165, 1.54) is 0 Å². The van der Waals surface area contributed by atoms with E-state index in [4.69, 9.17) is 4.74 Å². The van der Waals surface area contributed by atoms with Crippen LogP contribution in [0, 0.1) is 22.7 Å². The highest BCUT2D eigenvalue weighted by atomic mass is 16.5. The van der Waals surface area contributed by atoms with E-state index < -0.39 is 11.5 Å². The zero-order chi connectivity index (χ0) is 17.3. The lowest BCUT2D eigenvalue weighted by Gasteiger charge is -2.65. The van der Waals surface area contributed by atoms with Gasteiger partial charge in [-0.3, -0.25) is 4.79 Å². The van der Waals surface area contributed by atoms with Gasteiger partial charge in [0.25, 0.3) is 0 Å². The molecule has 2 saturated carbocycles. The third kappa shape index (κ3) is 2.26. The molecule has 3 nitrogen and oxygen atoms in total. The molecule has 3 heteroatoms. The average Bonchev–Trinajstić information content (AvgIpc) is 2.43. The molecule has 1 heterocycles. The minimum Gasteiger partial charge on any atom is -0.385 e. The quantitative estimate of drug-likeness (QED) is 0.746. The van der Waals surface area contributed by atoms with Gasteiger partial charge in [-0.25, -0.2) is 0 Å². The Kier molecular flexibility index (Phi) is 3.67. The highest BCUT2D eigenvalue weighted by molar-refractivity contribution is 5.89. The molecule has 2 aliphatic carbocycles. The van der Waals surface area contributed by atoms with Gasteiger partial charge in [0.2, 0.25) is 0 Å². The van der Waals surface area contributed by atoms with Crippen LogP contribution in [0.2, 0.25) is 0 Å². The number of carbonyl (C=O) groups is 1. The highest BCUT2D eigenvalue weighted by Crippen LogP contribution is 2.64. The first-order valence-corrected chi connectivity index (χ1v) is 9.05. The normalized spacial score (nSPS) is 52.4. The fourth-order valence-corrected chi connectivity index (χ4v) is 6.37. The molecule has 3 fully saturated rings. The van der Waals surface area contributed by atoms with E-state index in [9.17, 15) is 9.90 Å². The lowest BCUT2D eigenvalue weighted by Crippen LogP contribution is -2.66. The van der Waals surface area contributed by atoms with Crippen LogP contribution in [-0.2, 0) is 9.53 Å². The summed E-state index contributed by atoms with van der Waals surface area (Å²) in [5, 5.41) is 10.4. The summed E-state index contributed by atoms with van der Waals surface area (Å²) in [6.45, 7) is 14.7. The van der Waals surface area contributed by atoms with Gasteiger partial charge in [-0.15, -0.1) is 6.58 Å². The second-order valence-electron chi connectivity index (χ2n) is 9.43. The number of Topliss-reactive ketones (excluding diaryl/α,β-unsaturated/α-hetero) is 1. The molecule has 0 bridgehead atoms. The van der Waals surface area contributed by atoms with Gasteiger partial charge in [-0.2, -0.15) is 0 Å². The van der Waals surface area contributed by atoms with Crippen LogP contribution >= 0.6 is 0 Å². The summed E-state index contributed by atoms with van der Waals surface area (Å²) >= 11 is 0. The van der Waals surface area contributed by atoms with E-state index in [1.54, 1.807) is 0 Å². The molecule has 1 saturated heterocycles. The Bertz CT molecular complexity index is 539. The molecule has 3 rings (SSSR count). The smallest absolute Gasteiger partial charge is 0.167 e. The maximum Gasteiger partial charge on any atom is 0.167 e. The van der Waals surface area contributed by atoms with E-state index in [0.717, 1.165) is 25.7 Å². The summed E-state index contributed by atoms with van der Waals surface area (Å²) in [5.74, 6) is 0.723. The summed E-state index contributed by atoms with van der Waals surface area (Å²) in [4.78, 5) is 12.5. The number of ether oxygens (including phenoxy) is 1. The molecule has 0 spiro atoms. The Morgan fingerprint density at radius 1 is 1.13 bits per heavy atom. The Balaban J connectivity index is 2.00. The van der Waals surface area contributed by atoms with Gasteiger partial charge in [0.15, 0.2) is 5.78 Å². The maximum absolute atomic E-state index is 12.5. The third-order valence-corrected chi connectivity index (χ3v) is 7.53. The van der Waals surface area contributed by atoms with Crippen LogP contribution in [-0.4, -0.2) is 28.2 Å². The van der Waals surface area contributed by atoms with Gasteiger partial charge in [0, 0.05) is 5.41 Å². The maximum atomic E-state index is 12.5. The molecule has 0 aromatic rings. The molecular weight excluding hydrogens is 288 g/mol. The summed E-state index contributed by atoms with van der Waals surface area (Å²) in [7, 11) is 0. The standard InChI is InChI=1S/C20H32O3/c1-7-18(4)10-8-15-19(5)12-13(21)16(22)17(2,3)14(19)9-11-20(15,6)23-18/h7,13-15,21H,1,8-12H2,2-6H3. The van der Waals surface area contributed by atoms with E-state index in [0.29, 0.717) is 18.3 Å². The van der Waals surface area contributed by atoms with Gasteiger partial charge in [0.05, 0.1) is 11.2 Å². The molecular formula is C20H32O3. The molecule has 0 amide bonds. The second-order valence-corrected chi connectivity index (χ2v) is 9.43. The van der Waals surface area contributed by atoms with E-state index in [2.05, 4.69) is 27.4 Å². The summed E-state index contributed by atoms with van der Waals surface area (Å²) in [6, 6.07) is 0. The van der Waals surface area contributed by atoms with Crippen LogP contribution in [0.25, 0.3) is 0 Å². The van der Waals surface area contributed by atoms with E-state index >= 15 is 0 Å². The van der Waals surface area contributed by atoms with Gasteiger partial charge in [-0.1, -0.05) is 26.8 Å². The van der Waals surface area contributed by atoms with Crippen LogP contribution in [0.5, 0.6) is 0 Å². The molecule has 0 radical (unpaired) electrons. The lowest BCUT2D eigenvalue weighted by molar-refractivity contribution is -0.255. The van der Waals surface area contributed by atoms with Crippen molar-refractivity contribution in [2.45, 2.75) is 84.0 Å².